The number of hydrogen-bond donors (Lipinski definition) is 1. The highest BCUT2D eigenvalue weighted by Gasteiger charge is 2.06. The van der Waals surface area contributed by atoms with Gasteiger partial charge in [-0.3, -0.25) is 9.59 Å². The Bertz CT molecular complexity index is 816. The van der Waals surface area contributed by atoms with Gasteiger partial charge < -0.3 is 10.1 Å². The Balaban J connectivity index is 1.79. The molecule has 2 rings (SSSR count). The first-order valence-electron chi connectivity index (χ1n) is 7.04. The molecule has 1 amide bonds. The molecule has 0 aliphatic carbocycles. The van der Waals surface area contributed by atoms with Gasteiger partial charge in [0.05, 0.1) is 6.54 Å². The third kappa shape index (κ3) is 4.71. The summed E-state index contributed by atoms with van der Waals surface area (Å²) in [6.45, 7) is 2.39. The summed E-state index contributed by atoms with van der Waals surface area (Å²) in [5, 5.41) is 6.47. The summed E-state index contributed by atoms with van der Waals surface area (Å²) in [6, 6.07) is 10.4. The number of para-hydroxylation sites is 1. The Labute approximate surface area is 134 Å². The molecule has 6 nitrogen and oxygen atoms in total. The van der Waals surface area contributed by atoms with Crippen molar-refractivity contribution < 1.29 is 9.53 Å². The van der Waals surface area contributed by atoms with Crippen molar-refractivity contribution in [1.29, 1.82) is 0 Å². The van der Waals surface area contributed by atoms with Gasteiger partial charge in [0.1, 0.15) is 18.1 Å². The highest BCUT2D eigenvalue weighted by atomic mass is 16.5. The third-order valence-electron chi connectivity index (χ3n) is 3.05. The van der Waals surface area contributed by atoms with Gasteiger partial charge in [-0.2, -0.15) is 5.10 Å². The van der Waals surface area contributed by atoms with E-state index in [0.717, 1.165) is 16.0 Å². The fraction of sp³-hybridized carbons (Fsp3) is 0.235. The number of benzene rings is 1. The molecule has 0 unspecified atom stereocenters. The Morgan fingerprint density at radius 1 is 1.26 bits per heavy atom. The van der Waals surface area contributed by atoms with Crippen molar-refractivity contribution in [3.8, 4) is 17.6 Å². The van der Waals surface area contributed by atoms with Crippen molar-refractivity contribution in [2.45, 2.75) is 6.92 Å². The van der Waals surface area contributed by atoms with Gasteiger partial charge in [-0.15, -0.1) is 0 Å². The maximum atomic E-state index is 11.8. The smallest absolute Gasteiger partial charge is 0.272 e. The lowest BCUT2D eigenvalue weighted by atomic mass is 10.2. The third-order valence-corrected chi connectivity index (χ3v) is 3.05. The second-order valence-electron chi connectivity index (χ2n) is 4.77. The van der Waals surface area contributed by atoms with Crippen LogP contribution in [0.4, 0.5) is 0 Å². The Kier molecular flexibility index (Phi) is 5.53. The second kappa shape index (κ2) is 7.80. The number of carbonyl (C=O) groups excluding carboxylic acids is 1. The van der Waals surface area contributed by atoms with E-state index in [9.17, 15) is 9.59 Å². The van der Waals surface area contributed by atoms with E-state index in [0.29, 0.717) is 0 Å². The Morgan fingerprint density at radius 2 is 2.04 bits per heavy atom. The predicted octanol–water partition coefficient (Wildman–Crippen LogP) is 0.901. The number of nitrogens with one attached hydrogen (secondary N) is 1. The quantitative estimate of drug-likeness (QED) is 0.852. The van der Waals surface area contributed by atoms with E-state index in [2.05, 4.69) is 22.3 Å². The molecule has 118 valence electrons. The first-order valence-corrected chi connectivity index (χ1v) is 7.04. The first kappa shape index (κ1) is 16.3. The topological polar surface area (TPSA) is 73.2 Å². The van der Waals surface area contributed by atoms with E-state index in [-0.39, 0.29) is 30.3 Å². The van der Waals surface area contributed by atoms with Gasteiger partial charge in [-0.1, -0.05) is 30.0 Å². The predicted molar refractivity (Wildman–Crippen MR) is 86.3 cm³/mol. The Morgan fingerprint density at radius 3 is 2.78 bits per heavy atom. The summed E-state index contributed by atoms with van der Waals surface area (Å²) in [6.07, 6.45) is 0. The van der Waals surface area contributed by atoms with Crippen LogP contribution in [0.25, 0.3) is 0 Å². The van der Waals surface area contributed by atoms with E-state index < -0.39 is 0 Å². The minimum Gasteiger partial charge on any atom is -0.481 e. The largest absolute Gasteiger partial charge is 0.481 e. The molecule has 1 heterocycles. The van der Waals surface area contributed by atoms with E-state index in [1.165, 1.54) is 19.2 Å². The summed E-state index contributed by atoms with van der Waals surface area (Å²) < 4.78 is 6.63. The molecule has 0 aliphatic heterocycles. The second-order valence-corrected chi connectivity index (χ2v) is 4.77. The SMILES string of the molecule is Cc1ccccc1OCC#CCNC(=O)c1ccc(=O)n(C)n1. The minimum absolute atomic E-state index is 0.171. The lowest BCUT2D eigenvalue weighted by Crippen LogP contribution is -2.28. The molecule has 0 atom stereocenters. The van der Waals surface area contributed by atoms with E-state index in [1.807, 2.05) is 31.2 Å². The molecule has 23 heavy (non-hydrogen) atoms. The monoisotopic (exact) mass is 311 g/mol. The number of nitrogens with zero attached hydrogens (tertiary/aromatic N) is 2. The highest BCUT2D eigenvalue weighted by molar-refractivity contribution is 5.92. The summed E-state index contributed by atoms with van der Waals surface area (Å²) in [5.74, 6) is 6.04. The van der Waals surface area contributed by atoms with Gasteiger partial charge >= 0.3 is 0 Å². The van der Waals surface area contributed by atoms with Crippen LogP contribution in [0.15, 0.2) is 41.2 Å². The summed E-state index contributed by atoms with van der Waals surface area (Å²) >= 11 is 0. The number of aromatic nitrogens is 2. The lowest BCUT2D eigenvalue weighted by Gasteiger charge is -2.04. The van der Waals surface area contributed by atoms with Crippen molar-refractivity contribution in [1.82, 2.24) is 15.1 Å². The van der Waals surface area contributed by atoms with Gasteiger partial charge in [0, 0.05) is 13.1 Å². The summed E-state index contributed by atoms with van der Waals surface area (Å²) in [5.41, 5.74) is 0.947. The van der Waals surface area contributed by atoms with Crippen LogP contribution in [0.2, 0.25) is 0 Å². The van der Waals surface area contributed by atoms with Gasteiger partial charge in [0.15, 0.2) is 0 Å². The van der Waals surface area contributed by atoms with Crippen LogP contribution in [-0.4, -0.2) is 28.8 Å². The molecule has 1 aromatic carbocycles. The number of hydrogen-bond acceptors (Lipinski definition) is 4. The summed E-state index contributed by atoms with van der Waals surface area (Å²) in [7, 11) is 1.49. The molecule has 0 saturated heterocycles. The maximum Gasteiger partial charge on any atom is 0.272 e. The van der Waals surface area contributed by atoms with Crippen LogP contribution < -0.4 is 15.6 Å². The van der Waals surface area contributed by atoms with Crippen LogP contribution in [-0.2, 0) is 7.05 Å². The molecule has 2 aromatic rings. The lowest BCUT2D eigenvalue weighted by molar-refractivity contribution is 0.0951. The number of aryl methyl sites for hydroxylation is 2. The van der Waals surface area contributed by atoms with Crippen LogP contribution in [0.1, 0.15) is 16.1 Å². The van der Waals surface area contributed by atoms with Crippen molar-refractivity contribution in [3.63, 3.8) is 0 Å². The number of amides is 1. The van der Waals surface area contributed by atoms with Crippen molar-refractivity contribution in [2.75, 3.05) is 13.2 Å². The maximum absolute atomic E-state index is 11.8. The van der Waals surface area contributed by atoms with Crippen LogP contribution in [0.3, 0.4) is 0 Å². The standard InChI is InChI=1S/C17H17N3O3/c1-13-7-3-4-8-15(13)23-12-6-5-11-18-17(22)14-9-10-16(21)20(2)19-14/h3-4,7-10H,11-12H2,1-2H3,(H,18,22). The van der Waals surface area contributed by atoms with Crippen molar-refractivity contribution in [3.05, 3.63) is 58.0 Å². The molecular weight excluding hydrogens is 294 g/mol. The molecule has 0 radical (unpaired) electrons. The molecule has 0 saturated carbocycles. The zero-order valence-electron chi connectivity index (χ0n) is 13.0. The molecular formula is C17H17N3O3. The average molecular weight is 311 g/mol. The molecule has 0 spiro atoms. The molecule has 6 heteroatoms. The molecule has 0 fully saturated rings. The number of rotatable bonds is 4. The Hall–Kier alpha value is -3.07. The summed E-state index contributed by atoms with van der Waals surface area (Å²) in [4.78, 5) is 23.0. The van der Waals surface area contributed by atoms with E-state index >= 15 is 0 Å². The average Bonchev–Trinajstić information content (AvgIpc) is 2.54. The normalized spacial score (nSPS) is 9.65. The van der Waals surface area contributed by atoms with Crippen molar-refractivity contribution >= 4 is 5.91 Å². The molecule has 0 bridgehead atoms. The zero-order valence-corrected chi connectivity index (χ0v) is 13.0. The fourth-order valence-electron chi connectivity index (χ4n) is 1.78. The number of ether oxygens (including phenoxy) is 1. The highest BCUT2D eigenvalue weighted by Crippen LogP contribution is 2.15. The van der Waals surface area contributed by atoms with Crippen LogP contribution >= 0.6 is 0 Å². The molecule has 1 N–H and O–H groups in total. The van der Waals surface area contributed by atoms with E-state index in [1.54, 1.807) is 0 Å². The molecule has 0 aliphatic rings. The van der Waals surface area contributed by atoms with Gasteiger partial charge in [-0.05, 0) is 24.6 Å². The van der Waals surface area contributed by atoms with E-state index in [4.69, 9.17) is 4.74 Å². The first-order chi connectivity index (χ1) is 11.1. The minimum atomic E-state index is -0.380. The van der Waals surface area contributed by atoms with Crippen molar-refractivity contribution in [2.24, 2.45) is 7.05 Å². The zero-order chi connectivity index (χ0) is 16.7. The van der Waals surface area contributed by atoms with Gasteiger partial charge in [-0.25, -0.2) is 4.68 Å². The molecule has 1 aromatic heterocycles. The van der Waals surface area contributed by atoms with Crippen LogP contribution in [0, 0.1) is 18.8 Å². The fourth-order valence-corrected chi connectivity index (χ4v) is 1.78. The van der Waals surface area contributed by atoms with Gasteiger partial charge in [0.25, 0.3) is 11.5 Å². The number of carbonyl (C=O) groups is 1. The van der Waals surface area contributed by atoms with Gasteiger partial charge in [0.2, 0.25) is 0 Å². The van der Waals surface area contributed by atoms with Crippen LogP contribution in [0.5, 0.6) is 5.75 Å².